The van der Waals surface area contributed by atoms with Crippen molar-refractivity contribution in [3.63, 3.8) is 0 Å². The van der Waals surface area contributed by atoms with E-state index in [1.54, 1.807) is 15.7 Å². The second-order valence-electron chi connectivity index (χ2n) is 5.94. The van der Waals surface area contributed by atoms with Crippen LogP contribution in [0.25, 0.3) is 0 Å². The number of benzene rings is 1. The predicted octanol–water partition coefficient (Wildman–Crippen LogP) is 2.26. The summed E-state index contributed by atoms with van der Waals surface area (Å²) in [6.07, 6.45) is 1.55. The first-order valence-corrected chi connectivity index (χ1v) is 8.06. The van der Waals surface area contributed by atoms with Crippen LogP contribution in [0.4, 0.5) is 8.78 Å². The van der Waals surface area contributed by atoms with E-state index in [0.717, 1.165) is 19.2 Å². The number of hydrogen-bond acceptors (Lipinski definition) is 3. The molecule has 0 radical (unpaired) electrons. The lowest BCUT2D eigenvalue weighted by molar-refractivity contribution is 0.0653. The van der Waals surface area contributed by atoms with E-state index in [4.69, 9.17) is 12.2 Å². The Hall–Kier alpha value is -2.06. The van der Waals surface area contributed by atoms with Gasteiger partial charge in [-0.1, -0.05) is 0 Å². The summed E-state index contributed by atoms with van der Waals surface area (Å²) in [4.78, 5) is 19.5. The minimum atomic E-state index is -0.654. The molecular formula is C16H18F2N4OS. The standard InChI is InChI=1S/C16H18F2N4OS/c1-20-2-4-21(5-3-20)15(23)14-9-19-16(24)22(14)10-11-6-12(17)8-13(18)7-11/h6-9H,2-5,10H2,1H3,(H,19,24). The maximum absolute atomic E-state index is 13.4. The highest BCUT2D eigenvalue weighted by Gasteiger charge is 2.23. The van der Waals surface area contributed by atoms with Crippen molar-refractivity contribution in [2.45, 2.75) is 6.54 Å². The molecule has 2 heterocycles. The van der Waals surface area contributed by atoms with Crippen LogP contribution in [-0.4, -0.2) is 58.5 Å². The zero-order valence-electron chi connectivity index (χ0n) is 13.3. The molecule has 1 aromatic heterocycles. The molecule has 1 saturated heterocycles. The molecule has 0 bridgehead atoms. The molecule has 24 heavy (non-hydrogen) atoms. The molecular weight excluding hydrogens is 334 g/mol. The van der Waals surface area contributed by atoms with Crippen LogP contribution in [0.2, 0.25) is 0 Å². The van der Waals surface area contributed by atoms with Gasteiger partial charge in [-0.3, -0.25) is 4.79 Å². The molecule has 1 aliphatic rings. The zero-order chi connectivity index (χ0) is 17.3. The van der Waals surface area contributed by atoms with Gasteiger partial charge >= 0.3 is 0 Å². The van der Waals surface area contributed by atoms with E-state index in [1.165, 1.54) is 12.1 Å². The Morgan fingerprint density at radius 1 is 1.17 bits per heavy atom. The van der Waals surface area contributed by atoms with Crippen molar-refractivity contribution in [1.29, 1.82) is 0 Å². The Morgan fingerprint density at radius 2 is 1.79 bits per heavy atom. The second kappa shape index (κ2) is 6.82. The molecule has 5 nitrogen and oxygen atoms in total. The van der Waals surface area contributed by atoms with Gasteiger partial charge in [0.1, 0.15) is 17.3 Å². The number of nitrogens with zero attached hydrogens (tertiary/aromatic N) is 3. The summed E-state index contributed by atoms with van der Waals surface area (Å²) >= 11 is 5.22. The third-order valence-electron chi connectivity index (χ3n) is 4.14. The van der Waals surface area contributed by atoms with Crippen molar-refractivity contribution in [2.75, 3.05) is 33.2 Å². The van der Waals surface area contributed by atoms with Crippen molar-refractivity contribution in [1.82, 2.24) is 19.4 Å². The molecule has 1 fully saturated rings. The SMILES string of the molecule is CN1CCN(C(=O)c2c[nH]c(=S)n2Cc2cc(F)cc(F)c2)CC1. The number of carbonyl (C=O) groups is 1. The van der Waals surface area contributed by atoms with Gasteiger partial charge in [-0.2, -0.15) is 0 Å². The Morgan fingerprint density at radius 3 is 2.42 bits per heavy atom. The first kappa shape index (κ1) is 16.8. The number of nitrogens with one attached hydrogen (secondary N) is 1. The number of H-pyrrole nitrogens is 1. The van der Waals surface area contributed by atoms with E-state index in [-0.39, 0.29) is 12.5 Å². The van der Waals surface area contributed by atoms with Gasteiger partial charge in [0.25, 0.3) is 5.91 Å². The van der Waals surface area contributed by atoms with Crippen LogP contribution >= 0.6 is 12.2 Å². The van der Waals surface area contributed by atoms with E-state index < -0.39 is 11.6 Å². The van der Waals surface area contributed by atoms with E-state index in [1.807, 2.05) is 7.05 Å². The Bertz CT molecular complexity index is 788. The van der Waals surface area contributed by atoms with E-state index >= 15 is 0 Å². The number of carbonyl (C=O) groups excluding carboxylic acids is 1. The van der Waals surface area contributed by atoms with E-state index in [0.29, 0.717) is 29.1 Å². The third-order valence-corrected chi connectivity index (χ3v) is 4.48. The fourth-order valence-corrected chi connectivity index (χ4v) is 3.01. The first-order chi connectivity index (χ1) is 11.4. The van der Waals surface area contributed by atoms with Crippen molar-refractivity contribution in [2.24, 2.45) is 0 Å². The van der Waals surface area contributed by atoms with Crippen molar-refractivity contribution in [3.8, 4) is 0 Å². The molecule has 1 N–H and O–H groups in total. The van der Waals surface area contributed by atoms with Crippen molar-refractivity contribution < 1.29 is 13.6 Å². The van der Waals surface area contributed by atoms with Gasteiger partial charge in [-0.15, -0.1) is 0 Å². The number of aromatic amines is 1. The van der Waals surface area contributed by atoms with E-state index in [9.17, 15) is 13.6 Å². The predicted molar refractivity (Wildman–Crippen MR) is 88.5 cm³/mol. The van der Waals surface area contributed by atoms with Crippen LogP contribution < -0.4 is 0 Å². The second-order valence-corrected chi connectivity index (χ2v) is 6.33. The van der Waals surface area contributed by atoms with Crippen LogP contribution in [0, 0.1) is 16.4 Å². The number of amides is 1. The summed E-state index contributed by atoms with van der Waals surface area (Å²) in [5.74, 6) is -1.44. The van der Waals surface area contributed by atoms with Crippen LogP contribution in [0.3, 0.4) is 0 Å². The highest BCUT2D eigenvalue weighted by molar-refractivity contribution is 7.71. The van der Waals surface area contributed by atoms with Gasteiger partial charge in [0, 0.05) is 38.4 Å². The first-order valence-electron chi connectivity index (χ1n) is 7.65. The lowest BCUT2D eigenvalue weighted by Crippen LogP contribution is -2.47. The van der Waals surface area contributed by atoms with E-state index in [2.05, 4.69) is 9.88 Å². The number of halogens is 2. The van der Waals surface area contributed by atoms with Gasteiger partial charge in [0.2, 0.25) is 0 Å². The molecule has 0 spiro atoms. The minimum absolute atomic E-state index is 0.131. The molecule has 8 heteroatoms. The molecule has 0 atom stereocenters. The average molecular weight is 352 g/mol. The van der Waals surface area contributed by atoms with Crippen LogP contribution in [0.15, 0.2) is 24.4 Å². The van der Waals surface area contributed by atoms with Gasteiger partial charge in [-0.25, -0.2) is 8.78 Å². The van der Waals surface area contributed by atoms with Crippen LogP contribution in [0.5, 0.6) is 0 Å². The van der Waals surface area contributed by atoms with Crippen molar-refractivity contribution in [3.05, 3.63) is 52.1 Å². The largest absolute Gasteiger partial charge is 0.337 e. The summed E-state index contributed by atoms with van der Waals surface area (Å²) in [7, 11) is 2.01. The smallest absolute Gasteiger partial charge is 0.272 e. The fourth-order valence-electron chi connectivity index (χ4n) is 2.79. The number of imidazole rings is 1. The maximum atomic E-state index is 13.4. The fraction of sp³-hybridized carbons (Fsp3) is 0.375. The molecule has 1 aromatic carbocycles. The zero-order valence-corrected chi connectivity index (χ0v) is 14.1. The quantitative estimate of drug-likeness (QED) is 0.862. The number of aromatic nitrogens is 2. The highest BCUT2D eigenvalue weighted by atomic mass is 32.1. The normalized spacial score (nSPS) is 15.7. The summed E-state index contributed by atoms with van der Waals surface area (Å²) in [5, 5.41) is 0. The monoisotopic (exact) mass is 352 g/mol. The minimum Gasteiger partial charge on any atom is -0.337 e. The van der Waals surface area contributed by atoms with Crippen LogP contribution in [-0.2, 0) is 6.54 Å². The lowest BCUT2D eigenvalue weighted by Gasteiger charge is -2.32. The molecule has 0 aliphatic carbocycles. The lowest BCUT2D eigenvalue weighted by atomic mass is 10.2. The Kier molecular flexibility index (Phi) is 4.77. The number of rotatable bonds is 3. The molecule has 1 aliphatic heterocycles. The molecule has 128 valence electrons. The third kappa shape index (κ3) is 3.54. The number of likely N-dealkylation sites (N-methyl/N-ethyl adjacent to an activating group) is 1. The topological polar surface area (TPSA) is 44.3 Å². The average Bonchev–Trinajstić information content (AvgIpc) is 2.87. The molecule has 3 rings (SSSR count). The summed E-state index contributed by atoms with van der Waals surface area (Å²) in [5.41, 5.74) is 0.810. The maximum Gasteiger partial charge on any atom is 0.272 e. The Labute approximate surface area is 143 Å². The van der Waals surface area contributed by atoms with Gasteiger partial charge in [0.15, 0.2) is 4.77 Å². The number of hydrogen-bond donors (Lipinski definition) is 1. The molecule has 1 amide bonds. The summed E-state index contributed by atoms with van der Waals surface area (Å²) in [6.45, 7) is 3.04. The van der Waals surface area contributed by atoms with Crippen molar-refractivity contribution >= 4 is 18.1 Å². The number of piperazine rings is 1. The summed E-state index contributed by atoms with van der Waals surface area (Å²) in [6, 6.07) is 3.29. The molecule has 0 unspecified atom stereocenters. The van der Waals surface area contributed by atoms with Gasteiger partial charge < -0.3 is 19.4 Å². The molecule has 2 aromatic rings. The Balaban J connectivity index is 1.86. The van der Waals surface area contributed by atoms with Gasteiger partial charge in [0.05, 0.1) is 6.54 Å². The summed E-state index contributed by atoms with van der Waals surface area (Å²) < 4.78 is 28.7. The van der Waals surface area contributed by atoms with Crippen LogP contribution in [0.1, 0.15) is 16.1 Å². The highest BCUT2D eigenvalue weighted by Crippen LogP contribution is 2.14. The van der Waals surface area contributed by atoms with Gasteiger partial charge in [-0.05, 0) is 37.0 Å². The molecule has 0 saturated carbocycles.